The molecular formula is C23H44FN7O12. The molecule has 16 atom stereocenters. The summed E-state index contributed by atoms with van der Waals surface area (Å²) in [5, 5.41) is 75.3. The van der Waals surface area contributed by atoms with Crippen LogP contribution >= 0.6 is 0 Å². The van der Waals surface area contributed by atoms with E-state index in [0.29, 0.717) is 0 Å². The maximum atomic E-state index is 14.3. The van der Waals surface area contributed by atoms with Crippen LogP contribution in [0.25, 0.3) is 0 Å². The van der Waals surface area contributed by atoms with Gasteiger partial charge in [0.25, 0.3) is 5.91 Å². The fraction of sp³-hybridized carbons (Fsp3) is 0.913. The molecule has 2 heterocycles. The number of carbonyl (C=O) groups is 1. The molecule has 1 saturated carbocycles. The van der Waals surface area contributed by atoms with Crippen molar-refractivity contribution in [1.29, 1.82) is 0 Å². The van der Waals surface area contributed by atoms with Crippen LogP contribution in [-0.2, 0) is 23.7 Å². The Hall–Kier alpha value is -1.89. The Morgan fingerprint density at radius 3 is 2.12 bits per heavy atom. The molecule has 0 unspecified atom stereocenters. The van der Waals surface area contributed by atoms with Crippen molar-refractivity contribution >= 4 is 11.9 Å². The maximum absolute atomic E-state index is 14.3. The van der Waals surface area contributed by atoms with Gasteiger partial charge in [0, 0.05) is 6.04 Å². The fourth-order valence-electron chi connectivity index (χ4n) is 5.20. The summed E-state index contributed by atoms with van der Waals surface area (Å²) >= 11 is 0. The number of alkyl halides is 1. The number of ether oxygens (including phenoxy) is 4. The van der Waals surface area contributed by atoms with Gasteiger partial charge in [-0.05, 0) is 19.4 Å². The number of nitrogens with zero attached hydrogens (tertiary/aromatic N) is 1. The molecule has 0 aromatic rings. The van der Waals surface area contributed by atoms with Gasteiger partial charge in [-0.2, -0.15) is 0 Å². The average Bonchev–Trinajstić information content (AvgIpc) is 2.96. The molecular weight excluding hydrogens is 585 g/mol. The number of aliphatic hydroxyl groups is 7. The van der Waals surface area contributed by atoms with Crippen LogP contribution in [0.3, 0.4) is 0 Å². The highest BCUT2D eigenvalue weighted by Gasteiger charge is 2.52. The molecule has 2 saturated heterocycles. The standard InChI is InChI=1S/C23H44FN7O12/c24-6(1-2-25)20(39)31-8-3-7(26)18(42-22-16(37)15(36)13(34)9(40-22)4-30-23(28)29)17(38)19(8)43-21-14(35)11(27)12(33)10(5-32)41-21/h6-19,21-22,32-38H,1-5,25-27H2,(H,31,39)(H4,28,29,30)/t6-,7-,8+,9+,10+,11-,12+,13+,14+,15-,16+,17-,18+,19-,21+,22+/m0/s1. The third kappa shape index (κ3) is 8.23. The van der Waals surface area contributed by atoms with E-state index in [-0.39, 0.29) is 31.9 Å². The molecule has 3 aliphatic rings. The van der Waals surface area contributed by atoms with Gasteiger partial charge < -0.3 is 88.7 Å². The lowest BCUT2D eigenvalue weighted by Gasteiger charge is -2.48. The van der Waals surface area contributed by atoms with Crippen molar-refractivity contribution in [2.45, 2.75) is 111 Å². The molecule has 1 aliphatic carbocycles. The van der Waals surface area contributed by atoms with Crippen LogP contribution in [0.2, 0.25) is 0 Å². The number of guanidine groups is 1. The number of aliphatic imine (C=N–C) groups is 1. The minimum atomic E-state index is -2.01. The number of rotatable bonds is 11. The fourth-order valence-corrected chi connectivity index (χ4v) is 5.20. The van der Waals surface area contributed by atoms with Crippen LogP contribution in [0.5, 0.6) is 0 Å². The van der Waals surface area contributed by atoms with Gasteiger partial charge in [0.05, 0.1) is 25.2 Å². The summed E-state index contributed by atoms with van der Waals surface area (Å²) in [6, 6.07) is -3.69. The van der Waals surface area contributed by atoms with E-state index in [1.165, 1.54) is 0 Å². The third-order valence-electron chi connectivity index (χ3n) is 7.69. The van der Waals surface area contributed by atoms with E-state index in [9.17, 15) is 44.9 Å². The molecule has 0 spiro atoms. The van der Waals surface area contributed by atoms with Crippen LogP contribution < -0.4 is 34.0 Å². The molecule has 0 radical (unpaired) electrons. The summed E-state index contributed by atoms with van der Waals surface area (Å²) in [4.78, 5) is 16.2. The minimum absolute atomic E-state index is 0.128. The SMILES string of the molecule is NCC[C@H](F)C(=O)N[C@@H]1C[C@H](N)[C@@H](O[C@H]2O[C@H](CN=C(N)N)[C@@H](O)[C@H](O)[C@H]2O)[C@H](O)[C@H]1O[C@H]1O[C@H](CO)[C@@H](O)[C@H](N)[C@H]1O. The smallest absolute Gasteiger partial charge is 0.254 e. The number of aliphatic hydroxyl groups excluding tert-OH is 7. The number of halogens is 1. The predicted octanol–water partition coefficient (Wildman–Crippen LogP) is -8.13. The van der Waals surface area contributed by atoms with Gasteiger partial charge in [-0.1, -0.05) is 0 Å². The second-order valence-electron chi connectivity index (χ2n) is 10.8. The van der Waals surface area contributed by atoms with Gasteiger partial charge in [0.15, 0.2) is 24.7 Å². The maximum Gasteiger partial charge on any atom is 0.254 e. The molecule has 0 aromatic carbocycles. The Morgan fingerprint density at radius 1 is 0.907 bits per heavy atom. The van der Waals surface area contributed by atoms with E-state index >= 15 is 0 Å². The Balaban J connectivity index is 1.86. The van der Waals surface area contributed by atoms with E-state index < -0.39 is 110 Å². The molecule has 3 fully saturated rings. The van der Waals surface area contributed by atoms with Gasteiger partial charge in [0.1, 0.15) is 61.0 Å². The Kier molecular flexibility index (Phi) is 12.7. The molecule has 19 nitrogen and oxygen atoms in total. The molecule has 250 valence electrons. The second kappa shape index (κ2) is 15.4. The van der Waals surface area contributed by atoms with Crippen LogP contribution in [0.4, 0.5) is 4.39 Å². The highest BCUT2D eigenvalue weighted by Crippen LogP contribution is 2.32. The highest BCUT2D eigenvalue weighted by atomic mass is 19.1. The lowest BCUT2D eigenvalue weighted by Crippen LogP contribution is -2.69. The molecule has 0 aromatic heterocycles. The summed E-state index contributed by atoms with van der Waals surface area (Å²) in [6.45, 7) is -1.16. The van der Waals surface area contributed by atoms with E-state index in [0.717, 1.165) is 0 Å². The van der Waals surface area contributed by atoms with Crippen molar-refractivity contribution in [3.8, 4) is 0 Å². The van der Waals surface area contributed by atoms with Gasteiger partial charge in [-0.15, -0.1) is 0 Å². The number of carbonyl (C=O) groups excluding carboxylic acids is 1. The quantitative estimate of drug-likeness (QED) is 0.0745. The summed E-state index contributed by atoms with van der Waals surface area (Å²) in [5.41, 5.74) is 28.1. The van der Waals surface area contributed by atoms with Crippen molar-refractivity contribution in [1.82, 2.24) is 5.32 Å². The Labute approximate surface area is 245 Å². The number of nitrogens with two attached hydrogens (primary N) is 5. The van der Waals surface area contributed by atoms with E-state index in [4.69, 9.17) is 47.6 Å². The number of hydrogen-bond donors (Lipinski definition) is 13. The molecule has 43 heavy (non-hydrogen) atoms. The van der Waals surface area contributed by atoms with Crippen LogP contribution in [0.15, 0.2) is 4.99 Å². The first-order valence-corrected chi connectivity index (χ1v) is 13.7. The number of hydrogen-bond acceptors (Lipinski definition) is 16. The summed E-state index contributed by atoms with van der Waals surface area (Å²) in [7, 11) is 0. The first kappa shape index (κ1) is 35.6. The largest absolute Gasteiger partial charge is 0.394 e. The van der Waals surface area contributed by atoms with Crippen molar-refractivity contribution in [3.63, 3.8) is 0 Å². The monoisotopic (exact) mass is 629 g/mol. The molecule has 18 N–H and O–H groups in total. The Bertz CT molecular complexity index is 939. The first-order valence-electron chi connectivity index (χ1n) is 13.7. The Morgan fingerprint density at radius 2 is 1.51 bits per heavy atom. The van der Waals surface area contributed by atoms with Crippen molar-refractivity contribution in [2.24, 2.45) is 33.7 Å². The molecule has 20 heteroatoms. The zero-order chi connectivity index (χ0) is 32.2. The summed E-state index contributed by atoms with van der Waals surface area (Å²) < 4.78 is 36.9. The third-order valence-corrected chi connectivity index (χ3v) is 7.69. The van der Waals surface area contributed by atoms with Crippen LogP contribution in [0, 0.1) is 0 Å². The molecule has 0 bridgehead atoms. The van der Waals surface area contributed by atoms with Gasteiger partial charge in [-0.25, -0.2) is 4.39 Å². The molecule has 1 amide bonds. The van der Waals surface area contributed by atoms with E-state index in [1.54, 1.807) is 0 Å². The van der Waals surface area contributed by atoms with Gasteiger partial charge in [-0.3, -0.25) is 9.79 Å². The normalized spacial score (nSPS) is 44.4. The van der Waals surface area contributed by atoms with Crippen LogP contribution in [-0.4, -0.2) is 165 Å². The average molecular weight is 630 g/mol. The zero-order valence-electron chi connectivity index (χ0n) is 23.2. The lowest BCUT2D eigenvalue weighted by atomic mass is 9.83. The second-order valence-corrected chi connectivity index (χ2v) is 10.8. The van der Waals surface area contributed by atoms with Crippen molar-refractivity contribution < 1.29 is 63.9 Å². The van der Waals surface area contributed by atoms with Crippen LogP contribution in [0.1, 0.15) is 12.8 Å². The zero-order valence-corrected chi connectivity index (χ0v) is 23.2. The predicted molar refractivity (Wildman–Crippen MR) is 142 cm³/mol. The lowest BCUT2D eigenvalue weighted by molar-refractivity contribution is -0.332. The van der Waals surface area contributed by atoms with Gasteiger partial charge >= 0.3 is 0 Å². The highest BCUT2D eigenvalue weighted by molar-refractivity contribution is 5.81. The topological polar surface area (TPSA) is 350 Å². The summed E-state index contributed by atoms with van der Waals surface area (Å²) in [6.07, 6.45) is -21.6. The minimum Gasteiger partial charge on any atom is -0.394 e. The molecule has 2 aliphatic heterocycles. The van der Waals surface area contributed by atoms with E-state index in [1.807, 2.05) is 0 Å². The number of nitrogens with one attached hydrogen (secondary N) is 1. The molecule has 3 rings (SSSR count). The summed E-state index contributed by atoms with van der Waals surface area (Å²) in [5.74, 6) is -1.42. The van der Waals surface area contributed by atoms with Gasteiger partial charge in [0.2, 0.25) is 0 Å². The van der Waals surface area contributed by atoms with Crippen molar-refractivity contribution in [2.75, 3.05) is 19.7 Å². The number of amides is 1. The van der Waals surface area contributed by atoms with E-state index in [2.05, 4.69) is 10.3 Å². The first-order chi connectivity index (χ1) is 20.2. The van der Waals surface area contributed by atoms with Crippen molar-refractivity contribution in [3.05, 3.63) is 0 Å².